The molecule has 2 heterocycles. The molecule has 1 aliphatic heterocycles. The maximum absolute atomic E-state index is 12.6. The van der Waals surface area contributed by atoms with E-state index in [-0.39, 0.29) is 30.6 Å². The van der Waals surface area contributed by atoms with Gasteiger partial charge in [0.25, 0.3) is 5.91 Å². The van der Waals surface area contributed by atoms with Crippen LogP contribution in [-0.4, -0.2) is 43.1 Å². The number of para-hydroxylation sites is 1. The first kappa shape index (κ1) is 33.4. The van der Waals surface area contributed by atoms with Gasteiger partial charge in [-0.1, -0.05) is 122 Å². The van der Waals surface area contributed by atoms with Crippen molar-refractivity contribution >= 4 is 17.7 Å². The Morgan fingerprint density at radius 1 is 0.800 bits per heavy atom. The van der Waals surface area contributed by atoms with Crippen molar-refractivity contribution in [2.75, 3.05) is 5.75 Å². The lowest BCUT2D eigenvalue weighted by molar-refractivity contribution is -0.268. The first-order valence-electron chi connectivity index (χ1n) is 16.6. The second kappa shape index (κ2) is 15.6. The first-order chi connectivity index (χ1) is 24.6. The number of tetrazole rings is 1. The monoisotopic (exact) mass is 683 g/mol. The molecule has 9 nitrogen and oxygen atoms in total. The van der Waals surface area contributed by atoms with Crippen LogP contribution in [0.4, 0.5) is 0 Å². The van der Waals surface area contributed by atoms with Gasteiger partial charge in [-0.15, -0.1) is 5.10 Å². The Kier molecular flexibility index (Phi) is 10.4. The largest absolute Gasteiger partial charge is 0.392 e. The molecule has 0 saturated carbocycles. The van der Waals surface area contributed by atoms with Crippen molar-refractivity contribution in [1.82, 2.24) is 25.5 Å². The molecule has 10 heteroatoms. The molecular formula is C40H37N5O4S. The normalized spacial score (nSPS) is 18.8. The predicted octanol–water partition coefficient (Wildman–Crippen LogP) is 7.34. The highest BCUT2D eigenvalue weighted by atomic mass is 32.2. The molecule has 4 atom stereocenters. The molecule has 0 radical (unpaired) electrons. The van der Waals surface area contributed by atoms with Gasteiger partial charge in [-0.2, -0.15) is 4.68 Å². The van der Waals surface area contributed by atoms with Gasteiger partial charge in [-0.3, -0.25) is 4.79 Å². The Hall–Kier alpha value is -5.13. The van der Waals surface area contributed by atoms with Crippen molar-refractivity contribution in [3.05, 3.63) is 161 Å². The number of nitrogens with one attached hydrogen (secondary N) is 1. The van der Waals surface area contributed by atoms with E-state index in [1.807, 2.05) is 97.1 Å². The van der Waals surface area contributed by atoms with E-state index in [1.165, 1.54) is 0 Å². The van der Waals surface area contributed by atoms with Gasteiger partial charge in [-0.05, 0) is 68.6 Å². The average molecular weight is 684 g/mol. The number of benzene rings is 5. The molecule has 1 aliphatic rings. The summed E-state index contributed by atoms with van der Waals surface area (Å²) in [6.45, 7) is 2.56. The van der Waals surface area contributed by atoms with Gasteiger partial charge < -0.3 is 19.9 Å². The van der Waals surface area contributed by atoms with E-state index in [0.29, 0.717) is 23.0 Å². The van der Waals surface area contributed by atoms with E-state index in [9.17, 15) is 9.90 Å². The third kappa shape index (κ3) is 7.69. The third-order valence-electron chi connectivity index (χ3n) is 8.87. The summed E-state index contributed by atoms with van der Waals surface area (Å²) in [5, 5.41) is 25.7. The van der Waals surface area contributed by atoms with Crippen molar-refractivity contribution in [2.24, 2.45) is 5.92 Å². The lowest BCUT2D eigenvalue weighted by Gasteiger charge is -2.41. The highest BCUT2D eigenvalue weighted by Gasteiger charge is 2.38. The van der Waals surface area contributed by atoms with Gasteiger partial charge in [0.15, 0.2) is 6.29 Å². The molecule has 5 aromatic carbocycles. The van der Waals surface area contributed by atoms with Gasteiger partial charge in [0.05, 0.1) is 24.5 Å². The molecule has 1 amide bonds. The van der Waals surface area contributed by atoms with Crippen LogP contribution < -0.4 is 5.32 Å². The van der Waals surface area contributed by atoms with Crippen LogP contribution in [0.3, 0.4) is 0 Å². The average Bonchev–Trinajstić information content (AvgIpc) is 3.66. The molecule has 50 heavy (non-hydrogen) atoms. The zero-order chi connectivity index (χ0) is 34.3. The maximum atomic E-state index is 12.6. The number of hydrogen-bond donors (Lipinski definition) is 2. The summed E-state index contributed by atoms with van der Waals surface area (Å²) in [5.41, 5.74) is 7.43. The van der Waals surface area contributed by atoms with E-state index < -0.39 is 6.29 Å². The summed E-state index contributed by atoms with van der Waals surface area (Å²) in [7, 11) is 0. The van der Waals surface area contributed by atoms with Crippen LogP contribution in [0, 0.1) is 5.92 Å². The summed E-state index contributed by atoms with van der Waals surface area (Å²) in [6.07, 6.45) is -1.01. The fraction of sp³-hybridized carbons (Fsp3) is 0.200. The summed E-state index contributed by atoms with van der Waals surface area (Å²) in [4.78, 5) is 12.6. The van der Waals surface area contributed by atoms with Gasteiger partial charge >= 0.3 is 0 Å². The zero-order valence-corrected chi connectivity index (χ0v) is 28.3. The SMILES string of the molecule is C[C@@H]1[C@H](CSc2nnnn2-c2ccccc2)O[C@H](c2ccc(-c3cccc(CNC(=O)c4ccccc4)c3)cc2)O[C@@H]1c1ccc(CO)cc1. The molecule has 0 spiro atoms. The molecule has 1 aromatic heterocycles. The minimum atomic E-state index is -0.599. The van der Waals surface area contributed by atoms with Crippen LogP contribution in [-0.2, 0) is 22.6 Å². The highest BCUT2D eigenvalue weighted by molar-refractivity contribution is 7.99. The molecule has 1 saturated heterocycles. The van der Waals surface area contributed by atoms with Crippen LogP contribution >= 0.6 is 11.8 Å². The van der Waals surface area contributed by atoms with Gasteiger partial charge in [0.2, 0.25) is 5.16 Å². The van der Waals surface area contributed by atoms with E-state index >= 15 is 0 Å². The maximum Gasteiger partial charge on any atom is 0.251 e. The van der Waals surface area contributed by atoms with Crippen LogP contribution in [0.15, 0.2) is 139 Å². The second-order valence-electron chi connectivity index (χ2n) is 12.2. The number of thioether (sulfide) groups is 1. The predicted molar refractivity (Wildman–Crippen MR) is 192 cm³/mol. The number of amides is 1. The molecular weight excluding hydrogens is 647 g/mol. The fourth-order valence-corrected chi connectivity index (χ4v) is 7.09. The minimum Gasteiger partial charge on any atom is -0.392 e. The quantitative estimate of drug-likeness (QED) is 0.137. The lowest BCUT2D eigenvalue weighted by atomic mass is 9.91. The van der Waals surface area contributed by atoms with Crippen LogP contribution in [0.1, 0.15) is 51.9 Å². The molecule has 0 unspecified atom stereocenters. The van der Waals surface area contributed by atoms with E-state index in [4.69, 9.17) is 9.47 Å². The number of carbonyl (C=O) groups excluding carboxylic acids is 1. The Morgan fingerprint density at radius 2 is 1.52 bits per heavy atom. The summed E-state index contributed by atoms with van der Waals surface area (Å²) < 4.78 is 15.1. The third-order valence-corrected chi connectivity index (χ3v) is 9.88. The van der Waals surface area contributed by atoms with Gasteiger partial charge in [0, 0.05) is 29.3 Å². The van der Waals surface area contributed by atoms with Crippen molar-refractivity contribution in [3.8, 4) is 16.8 Å². The van der Waals surface area contributed by atoms with Crippen LogP contribution in [0.25, 0.3) is 16.8 Å². The Balaban J connectivity index is 1.08. The second-order valence-corrected chi connectivity index (χ2v) is 13.2. The number of carbonyl (C=O) groups is 1. The number of ether oxygens (including phenoxy) is 2. The standard InChI is InChI=1S/C40H37N5O4S/c1-27-36(26-50-40-42-43-44-45(40)35-13-6-3-7-14-35)48-39(49-37(27)31-17-15-28(25-46)16-18-31)33-21-19-30(20-22-33)34-12-8-9-29(23-34)24-41-38(47)32-10-4-2-5-11-32/h2-23,27,36-37,39,46H,24-26H2,1H3,(H,41,47)/t27-,36+,37+,39+/m1/s1. The Labute approximate surface area is 295 Å². The van der Waals surface area contributed by atoms with E-state index in [2.05, 4.69) is 52.0 Å². The van der Waals surface area contributed by atoms with Crippen LogP contribution in [0.5, 0.6) is 0 Å². The van der Waals surface area contributed by atoms with Crippen molar-refractivity contribution in [3.63, 3.8) is 0 Å². The molecule has 2 N–H and O–H groups in total. The number of aliphatic hydroxyl groups excluding tert-OH is 1. The van der Waals surface area contributed by atoms with E-state index in [1.54, 1.807) is 28.6 Å². The molecule has 6 aromatic rings. The number of nitrogens with zero attached hydrogens (tertiary/aromatic N) is 4. The first-order valence-corrected chi connectivity index (χ1v) is 17.5. The fourth-order valence-electron chi connectivity index (χ4n) is 6.03. The Morgan fingerprint density at radius 3 is 2.26 bits per heavy atom. The minimum absolute atomic E-state index is 0.0138. The summed E-state index contributed by atoms with van der Waals surface area (Å²) in [5.74, 6) is 0.533. The summed E-state index contributed by atoms with van der Waals surface area (Å²) >= 11 is 1.55. The smallest absolute Gasteiger partial charge is 0.251 e. The van der Waals surface area contributed by atoms with E-state index in [0.717, 1.165) is 39.1 Å². The highest BCUT2D eigenvalue weighted by Crippen LogP contribution is 2.43. The molecule has 0 bridgehead atoms. The molecule has 252 valence electrons. The topological polar surface area (TPSA) is 111 Å². The van der Waals surface area contributed by atoms with Crippen molar-refractivity contribution in [2.45, 2.75) is 43.7 Å². The lowest BCUT2D eigenvalue weighted by Crippen LogP contribution is -2.38. The number of aliphatic hydroxyl groups is 1. The molecule has 0 aliphatic carbocycles. The van der Waals surface area contributed by atoms with Crippen molar-refractivity contribution in [1.29, 1.82) is 0 Å². The Bertz CT molecular complexity index is 2010. The molecule has 7 rings (SSSR count). The number of hydrogen-bond acceptors (Lipinski definition) is 8. The number of rotatable bonds is 11. The van der Waals surface area contributed by atoms with Gasteiger partial charge in [0.1, 0.15) is 0 Å². The van der Waals surface area contributed by atoms with Crippen molar-refractivity contribution < 1.29 is 19.4 Å². The summed E-state index contributed by atoms with van der Waals surface area (Å²) in [6, 6.07) is 43.4. The zero-order valence-electron chi connectivity index (χ0n) is 27.5. The molecule has 1 fully saturated rings. The van der Waals surface area contributed by atoms with Crippen LogP contribution in [0.2, 0.25) is 0 Å². The number of aromatic nitrogens is 4. The van der Waals surface area contributed by atoms with Gasteiger partial charge in [-0.25, -0.2) is 0 Å².